The van der Waals surface area contributed by atoms with Crippen molar-refractivity contribution in [2.45, 2.75) is 43.9 Å². The molecule has 0 saturated heterocycles. The Labute approximate surface area is 183 Å². The van der Waals surface area contributed by atoms with Crippen molar-refractivity contribution in [2.24, 2.45) is 17.8 Å². The Balaban J connectivity index is 1.09. The van der Waals surface area contributed by atoms with Crippen LogP contribution in [-0.4, -0.2) is 12.5 Å². The second kappa shape index (κ2) is 7.40. The molecule has 4 bridgehead atoms. The normalized spacial score (nSPS) is 28.6. The minimum atomic E-state index is -0.129. The molecular formula is C28H29NO2. The van der Waals surface area contributed by atoms with Crippen LogP contribution in [0.1, 0.15) is 44.1 Å². The van der Waals surface area contributed by atoms with Crippen LogP contribution < -0.4 is 10.1 Å². The van der Waals surface area contributed by atoms with Gasteiger partial charge in [-0.15, -0.1) is 0 Å². The molecule has 7 rings (SSSR count). The summed E-state index contributed by atoms with van der Waals surface area (Å²) in [5.74, 6) is 3.41. The van der Waals surface area contributed by atoms with Gasteiger partial charge in [0.05, 0.1) is 0 Å². The van der Waals surface area contributed by atoms with Crippen LogP contribution in [0.15, 0.2) is 66.7 Å². The minimum absolute atomic E-state index is 0.00900. The van der Waals surface area contributed by atoms with Crippen LogP contribution >= 0.6 is 0 Å². The molecular weight excluding hydrogens is 382 g/mol. The maximum absolute atomic E-state index is 12.4. The summed E-state index contributed by atoms with van der Waals surface area (Å²) in [5, 5.41) is 5.26. The minimum Gasteiger partial charge on any atom is -0.484 e. The number of carbonyl (C=O) groups excluding carboxylic acids is 1. The summed E-state index contributed by atoms with van der Waals surface area (Å²) in [4.78, 5) is 12.4. The van der Waals surface area contributed by atoms with Gasteiger partial charge in [0.15, 0.2) is 6.61 Å². The van der Waals surface area contributed by atoms with E-state index in [0.717, 1.165) is 28.8 Å². The molecule has 1 amide bonds. The number of hydrogen-bond acceptors (Lipinski definition) is 2. The number of carbonyl (C=O) groups is 1. The van der Waals surface area contributed by atoms with E-state index in [1.165, 1.54) is 49.5 Å². The number of anilines is 1. The smallest absolute Gasteiger partial charge is 0.262 e. The zero-order valence-electron chi connectivity index (χ0n) is 17.8. The largest absolute Gasteiger partial charge is 0.484 e. The van der Waals surface area contributed by atoms with Gasteiger partial charge in [-0.05, 0) is 102 Å². The summed E-state index contributed by atoms with van der Waals surface area (Å²) in [6, 6.07) is 22.7. The van der Waals surface area contributed by atoms with Crippen LogP contribution in [0.25, 0.3) is 10.8 Å². The van der Waals surface area contributed by atoms with E-state index in [9.17, 15) is 4.79 Å². The number of amides is 1. The van der Waals surface area contributed by atoms with Gasteiger partial charge < -0.3 is 10.1 Å². The molecule has 0 unspecified atom stereocenters. The molecule has 3 aromatic rings. The van der Waals surface area contributed by atoms with Gasteiger partial charge in [-0.1, -0.05) is 42.5 Å². The Morgan fingerprint density at radius 2 is 1.48 bits per heavy atom. The van der Waals surface area contributed by atoms with E-state index in [4.69, 9.17) is 4.74 Å². The van der Waals surface area contributed by atoms with Crippen molar-refractivity contribution in [3.63, 3.8) is 0 Å². The standard InChI is InChI=1S/C28H29NO2/c30-27(18-31-26-10-5-22-3-1-2-4-23(22)14-26)29-25-8-6-24(7-9-25)28-15-19-11-20(16-28)13-21(12-19)17-28/h1-10,14,19-21H,11-13,15-18H2,(H,29,30). The van der Waals surface area contributed by atoms with Gasteiger partial charge in [0.2, 0.25) is 0 Å². The summed E-state index contributed by atoms with van der Waals surface area (Å²) in [7, 11) is 0. The Bertz CT molecular complexity index is 1080. The monoisotopic (exact) mass is 411 g/mol. The molecule has 0 spiro atoms. The van der Waals surface area contributed by atoms with Gasteiger partial charge in [-0.3, -0.25) is 4.79 Å². The number of hydrogen-bond donors (Lipinski definition) is 1. The Morgan fingerprint density at radius 1 is 0.839 bits per heavy atom. The highest BCUT2D eigenvalue weighted by Gasteiger charge is 2.51. The van der Waals surface area contributed by atoms with Gasteiger partial charge in [-0.2, -0.15) is 0 Å². The topological polar surface area (TPSA) is 38.3 Å². The average molecular weight is 412 g/mol. The average Bonchev–Trinajstić information content (AvgIpc) is 2.77. The number of benzene rings is 3. The van der Waals surface area contributed by atoms with E-state index in [-0.39, 0.29) is 12.5 Å². The predicted octanol–water partition coefficient (Wildman–Crippen LogP) is 6.33. The maximum Gasteiger partial charge on any atom is 0.262 e. The molecule has 1 N–H and O–H groups in total. The van der Waals surface area contributed by atoms with Crippen LogP contribution in [0.4, 0.5) is 5.69 Å². The van der Waals surface area contributed by atoms with E-state index in [1.807, 2.05) is 36.4 Å². The van der Waals surface area contributed by atoms with Crippen LogP contribution in [0.5, 0.6) is 5.75 Å². The highest BCUT2D eigenvalue weighted by atomic mass is 16.5. The Kier molecular flexibility index (Phi) is 4.52. The third-order valence-corrected chi connectivity index (χ3v) is 7.91. The molecule has 158 valence electrons. The van der Waals surface area contributed by atoms with E-state index < -0.39 is 0 Å². The van der Waals surface area contributed by atoms with E-state index in [2.05, 4.69) is 35.6 Å². The van der Waals surface area contributed by atoms with Gasteiger partial charge in [0, 0.05) is 5.69 Å². The number of rotatable bonds is 5. The van der Waals surface area contributed by atoms with Crippen LogP contribution in [0.2, 0.25) is 0 Å². The van der Waals surface area contributed by atoms with Gasteiger partial charge in [0.25, 0.3) is 5.91 Å². The number of fused-ring (bicyclic) bond motifs is 1. The first-order valence-corrected chi connectivity index (χ1v) is 11.7. The molecule has 4 fully saturated rings. The number of nitrogens with one attached hydrogen (secondary N) is 1. The molecule has 3 aromatic carbocycles. The molecule has 0 aromatic heterocycles. The quantitative estimate of drug-likeness (QED) is 0.533. The van der Waals surface area contributed by atoms with Crippen LogP contribution in [-0.2, 0) is 10.2 Å². The molecule has 0 radical (unpaired) electrons. The molecule has 4 aliphatic rings. The van der Waals surface area contributed by atoms with Crippen molar-refractivity contribution in [3.8, 4) is 5.75 Å². The summed E-state index contributed by atoms with van der Waals surface area (Å²) in [5.41, 5.74) is 2.73. The van der Waals surface area contributed by atoms with Crippen molar-refractivity contribution in [2.75, 3.05) is 11.9 Å². The van der Waals surface area contributed by atoms with Gasteiger partial charge in [0.1, 0.15) is 5.75 Å². The lowest BCUT2D eigenvalue weighted by Gasteiger charge is -2.57. The zero-order valence-corrected chi connectivity index (χ0v) is 17.8. The fraction of sp³-hybridized carbons (Fsp3) is 0.393. The van der Waals surface area contributed by atoms with E-state index in [1.54, 1.807) is 0 Å². The fourth-order valence-electron chi connectivity index (χ4n) is 6.97. The summed E-state index contributed by atoms with van der Waals surface area (Å²) in [6.45, 7) is 0.00900. The second-order valence-corrected chi connectivity index (χ2v) is 10.1. The van der Waals surface area contributed by atoms with E-state index >= 15 is 0 Å². The third kappa shape index (κ3) is 3.60. The first-order chi connectivity index (χ1) is 15.1. The zero-order chi connectivity index (χ0) is 20.8. The highest BCUT2D eigenvalue weighted by Crippen LogP contribution is 2.60. The third-order valence-electron chi connectivity index (χ3n) is 7.91. The molecule has 3 heteroatoms. The summed E-state index contributed by atoms with van der Waals surface area (Å²) in [6.07, 6.45) is 8.48. The lowest BCUT2D eigenvalue weighted by molar-refractivity contribution is -0.118. The van der Waals surface area contributed by atoms with Crippen molar-refractivity contribution in [1.29, 1.82) is 0 Å². The molecule has 0 aliphatic heterocycles. The molecule has 3 nitrogen and oxygen atoms in total. The number of ether oxygens (including phenoxy) is 1. The second-order valence-electron chi connectivity index (χ2n) is 10.1. The fourth-order valence-corrected chi connectivity index (χ4v) is 6.97. The molecule has 0 heterocycles. The molecule has 4 aliphatic carbocycles. The predicted molar refractivity (Wildman–Crippen MR) is 124 cm³/mol. The Hall–Kier alpha value is -2.81. The van der Waals surface area contributed by atoms with Gasteiger partial charge >= 0.3 is 0 Å². The first kappa shape index (κ1) is 18.9. The maximum atomic E-state index is 12.4. The molecule has 31 heavy (non-hydrogen) atoms. The Morgan fingerprint density at radius 3 is 2.16 bits per heavy atom. The van der Waals surface area contributed by atoms with Crippen LogP contribution in [0.3, 0.4) is 0 Å². The molecule has 0 atom stereocenters. The summed E-state index contributed by atoms with van der Waals surface area (Å²) < 4.78 is 5.72. The lowest BCUT2D eigenvalue weighted by Crippen LogP contribution is -2.48. The van der Waals surface area contributed by atoms with Gasteiger partial charge in [-0.25, -0.2) is 0 Å². The summed E-state index contributed by atoms with van der Waals surface area (Å²) >= 11 is 0. The molecule has 4 saturated carbocycles. The van der Waals surface area contributed by atoms with Crippen molar-refractivity contribution in [3.05, 3.63) is 72.3 Å². The van der Waals surface area contributed by atoms with E-state index in [0.29, 0.717) is 11.2 Å². The highest BCUT2D eigenvalue weighted by molar-refractivity contribution is 5.92. The van der Waals surface area contributed by atoms with Crippen molar-refractivity contribution in [1.82, 2.24) is 0 Å². The lowest BCUT2D eigenvalue weighted by atomic mass is 9.48. The van der Waals surface area contributed by atoms with Crippen molar-refractivity contribution >= 4 is 22.4 Å². The SMILES string of the molecule is O=C(COc1ccc2ccccc2c1)Nc1ccc(C23CC4CC(CC(C4)C2)C3)cc1. The van der Waals surface area contributed by atoms with Crippen molar-refractivity contribution < 1.29 is 9.53 Å². The van der Waals surface area contributed by atoms with Crippen LogP contribution in [0, 0.1) is 17.8 Å². The first-order valence-electron chi connectivity index (χ1n) is 11.7.